The van der Waals surface area contributed by atoms with E-state index in [1.807, 2.05) is 36.4 Å². The number of benzene rings is 2. The van der Waals surface area contributed by atoms with Gasteiger partial charge in [-0.1, -0.05) is 24.3 Å². The molecular weight excluding hydrogens is 296 g/mol. The van der Waals surface area contributed by atoms with Gasteiger partial charge in [-0.25, -0.2) is 0 Å². The van der Waals surface area contributed by atoms with Crippen LogP contribution in [0.2, 0.25) is 0 Å². The van der Waals surface area contributed by atoms with Gasteiger partial charge in [-0.2, -0.15) is 0 Å². The summed E-state index contributed by atoms with van der Waals surface area (Å²) in [6.45, 7) is 0.563. The number of amides is 2. The van der Waals surface area contributed by atoms with Crippen LogP contribution in [0, 0.1) is 0 Å². The molecule has 5 heteroatoms. The maximum Gasteiger partial charge on any atom is 0.251 e. The Labute approximate surface area is 133 Å². The zero-order chi connectivity index (χ0) is 15.4. The Hall–Kier alpha value is -2.27. The molecule has 2 aromatic rings. The van der Waals surface area contributed by atoms with Gasteiger partial charge in [-0.15, -0.1) is 11.8 Å². The largest absolute Gasteiger partial charge is 0.352 e. The van der Waals surface area contributed by atoms with Crippen LogP contribution in [0.25, 0.3) is 0 Å². The lowest BCUT2D eigenvalue weighted by molar-refractivity contribution is -0.113. The van der Waals surface area contributed by atoms with Crippen molar-refractivity contribution < 1.29 is 9.59 Å². The van der Waals surface area contributed by atoms with Crippen molar-refractivity contribution in [2.24, 2.45) is 0 Å². The summed E-state index contributed by atoms with van der Waals surface area (Å²) in [6, 6.07) is 15.2. The summed E-state index contributed by atoms with van der Waals surface area (Å²) in [5.74, 6) is 0.439. The van der Waals surface area contributed by atoms with Crippen molar-refractivity contribution in [1.29, 1.82) is 0 Å². The van der Waals surface area contributed by atoms with Gasteiger partial charge in [0.15, 0.2) is 0 Å². The zero-order valence-corrected chi connectivity index (χ0v) is 12.8. The van der Waals surface area contributed by atoms with Crippen LogP contribution in [-0.2, 0) is 11.2 Å². The lowest BCUT2D eigenvalue weighted by Gasteiger charge is -2.17. The van der Waals surface area contributed by atoms with Crippen LogP contribution in [0.5, 0.6) is 0 Å². The fourth-order valence-electron chi connectivity index (χ4n) is 2.30. The van der Waals surface area contributed by atoms with Gasteiger partial charge in [0, 0.05) is 17.0 Å². The number of thioether (sulfide) groups is 1. The molecule has 0 atom stereocenters. The Morgan fingerprint density at radius 1 is 1.18 bits per heavy atom. The minimum absolute atomic E-state index is 0.0343. The van der Waals surface area contributed by atoms with E-state index in [1.165, 1.54) is 0 Å². The molecule has 0 fully saturated rings. The van der Waals surface area contributed by atoms with Crippen LogP contribution in [-0.4, -0.2) is 24.1 Å². The van der Waals surface area contributed by atoms with Crippen LogP contribution in [0.15, 0.2) is 53.4 Å². The maximum absolute atomic E-state index is 11.9. The number of hydrogen-bond acceptors (Lipinski definition) is 3. The van der Waals surface area contributed by atoms with E-state index in [0.717, 1.165) is 22.6 Å². The van der Waals surface area contributed by atoms with Gasteiger partial charge in [-0.05, 0) is 36.2 Å². The van der Waals surface area contributed by atoms with E-state index in [0.29, 0.717) is 17.9 Å². The van der Waals surface area contributed by atoms with Crippen molar-refractivity contribution in [3.8, 4) is 0 Å². The quantitative estimate of drug-likeness (QED) is 0.912. The van der Waals surface area contributed by atoms with Crippen LogP contribution in [0.1, 0.15) is 15.9 Å². The van der Waals surface area contributed by atoms with E-state index in [4.69, 9.17) is 0 Å². The lowest BCUT2D eigenvalue weighted by Crippen LogP contribution is -2.25. The molecule has 2 N–H and O–H groups in total. The molecule has 2 amide bonds. The van der Waals surface area contributed by atoms with Crippen molar-refractivity contribution in [2.75, 3.05) is 17.6 Å². The molecule has 4 nitrogen and oxygen atoms in total. The van der Waals surface area contributed by atoms with Gasteiger partial charge in [0.25, 0.3) is 5.91 Å². The summed E-state index contributed by atoms with van der Waals surface area (Å²) in [6.07, 6.45) is 0.729. The van der Waals surface area contributed by atoms with Crippen LogP contribution < -0.4 is 10.6 Å². The fourth-order valence-corrected chi connectivity index (χ4v) is 3.09. The van der Waals surface area contributed by atoms with E-state index in [1.54, 1.807) is 23.9 Å². The van der Waals surface area contributed by atoms with Crippen LogP contribution in [0.3, 0.4) is 0 Å². The summed E-state index contributed by atoms with van der Waals surface area (Å²) in [7, 11) is 0. The van der Waals surface area contributed by atoms with E-state index in [-0.39, 0.29) is 11.8 Å². The molecule has 1 heterocycles. The van der Waals surface area contributed by atoms with Crippen molar-refractivity contribution in [1.82, 2.24) is 5.32 Å². The maximum atomic E-state index is 11.9. The molecule has 0 spiro atoms. The SMILES string of the molecule is O=C1CSc2ccc(CCNC(=O)c3ccccc3)cc2N1. The number of rotatable bonds is 4. The Morgan fingerprint density at radius 2 is 2.00 bits per heavy atom. The topological polar surface area (TPSA) is 58.2 Å². The van der Waals surface area contributed by atoms with Gasteiger partial charge in [0.2, 0.25) is 5.91 Å². The molecule has 2 aromatic carbocycles. The number of nitrogens with one attached hydrogen (secondary N) is 2. The highest BCUT2D eigenvalue weighted by molar-refractivity contribution is 8.00. The van der Waals surface area contributed by atoms with Crippen LogP contribution in [0.4, 0.5) is 5.69 Å². The molecule has 0 bridgehead atoms. The van der Waals surface area contributed by atoms with E-state index in [2.05, 4.69) is 10.6 Å². The first-order valence-corrected chi connectivity index (χ1v) is 8.10. The standard InChI is InChI=1S/C17H16N2O2S/c20-16-11-22-15-7-6-12(10-14(15)19-16)8-9-18-17(21)13-4-2-1-3-5-13/h1-7,10H,8-9,11H2,(H,18,21)(H,19,20). The number of hydrogen-bond donors (Lipinski definition) is 2. The number of anilines is 1. The smallest absolute Gasteiger partial charge is 0.251 e. The second kappa shape index (κ2) is 6.66. The molecule has 3 rings (SSSR count). The summed E-state index contributed by atoms with van der Waals surface area (Å²) >= 11 is 1.55. The monoisotopic (exact) mass is 312 g/mol. The number of fused-ring (bicyclic) bond motifs is 1. The average molecular weight is 312 g/mol. The molecule has 0 saturated carbocycles. The first-order chi connectivity index (χ1) is 10.7. The predicted molar refractivity (Wildman–Crippen MR) is 88.3 cm³/mol. The second-order valence-electron chi connectivity index (χ2n) is 5.04. The summed E-state index contributed by atoms with van der Waals surface area (Å²) in [5.41, 5.74) is 2.62. The van der Waals surface area contributed by atoms with Crippen LogP contribution >= 0.6 is 11.8 Å². The third-order valence-electron chi connectivity index (χ3n) is 3.41. The predicted octanol–water partition coefficient (Wildman–Crippen LogP) is 2.70. The molecule has 1 aliphatic rings. The Kier molecular flexibility index (Phi) is 4.44. The van der Waals surface area contributed by atoms with Gasteiger partial charge in [-0.3, -0.25) is 9.59 Å². The molecule has 0 aromatic heterocycles. The average Bonchev–Trinajstić information content (AvgIpc) is 2.55. The Balaban J connectivity index is 1.57. The van der Waals surface area contributed by atoms with Gasteiger partial charge in [0.05, 0.1) is 11.4 Å². The van der Waals surface area contributed by atoms with Crippen molar-refractivity contribution in [2.45, 2.75) is 11.3 Å². The Bertz CT molecular complexity index is 701. The third-order valence-corrected chi connectivity index (χ3v) is 4.49. The van der Waals surface area contributed by atoms with E-state index < -0.39 is 0 Å². The molecular formula is C17H16N2O2S. The van der Waals surface area contributed by atoms with Crippen molar-refractivity contribution >= 4 is 29.3 Å². The van der Waals surface area contributed by atoms with Crippen molar-refractivity contribution in [3.05, 3.63) is 59.7 Å². The second-order valence-corrected chi connectivity index (χ2v) is 6.06. The highest BCUT2D eigenvalue weighted by Crippen LogP contribution is 2.31. The van der Waals surface area contributed by atoms with Gasteiger partial charge >= 0.3 is 0 Å². The minimum atomic E-state index is -0.0672. The number of carbonyl (C=O) groups is 2. The molecule has 112 valence electrons. The molecule has 0 aliphatic carbocycles. The molecule has 0 unspecified atom stereocenters. The molecule has 0 radical (unpaired) electrons. The first kappa shape index (κ1) is 14.7. The molecule has 1 aliphatic heterocycles. The van der Waals surface area contributed by atoms with Gasteiger partial charge < -0.3 is 10.6 Å². The lowest BCUT2D eigenvalue weighted by atomic mass is 10.1. The van der Waals surface area contributed by atoms with Crippen molar-refractivity contribution in [3.63, 3.8) is 0 Å². The summed E-state index contributed by atoms with van der Waals surface area (Å²) < 4.78 is 0. The van der Waals surface area contributed by atoms with E-state index >= 15 is 0 Å². The fraction of sp³-hybridized carbons (Fsp3) is 0.176. The first-order valence-electron chi connectivity index (χ1n) is 7.11. The third kappa shape index (κ3) is 3.49. The number of carbonyl (C=O) groups excluding carboxylic acids is 2. The summed E-state index contributed by atoms with van der Waals surface area (Å²) in [4.78, 5) is 24.4. The highest BCUT2D eigenvalue weighted by atomic mass is 32.2. The molecule has 0 saturated heterocycles. The Morgan fingerprint density at radius 3 is 2.82 bits per heavy atom. The molecule has 22 heavy (non-hydrogen) atoms. The zero-order valence-electron chi connectivity index (χ0n) is 12.0. The minimum Gasteiger partial charge on any atom is -0.352 e. The summed E-state index contributed by atoms with van der Waals surface area (Å²) in [5, 5.41) is 5.78. The van der Waals surface area contributed by atoms with E-state index in [9.17, 15) is 9.59 Å². The van der Waals surface area contributed by atoms with Gasteiger partial charge in [0.1, 0.15) is 0 Å². The highest BCUT2D eigenvalue weighted by Gasteiger charge is 2.15. The normalized spacial score (nSPS) is 13.2.